The fraction of sp³-hybridized carbons (Fsp3) is 0.600. The largest absolute Gasteiger partial charge is 0.460 e. The van der Waals surface area contributed by atoms with Gasteiger partial charge in [0.1, 0.15) is 5.60 Å². The summed E-state index contributed by atoms with van der Waals surface area (Å²) in [5.41, 5.74) is 3.55. The summed E-state index contributed by atoms with van der Waals surface area (Å²) in [5, 5.41) is 15.1. The van der Waals surface area contributed by atoms with Crippen molar-refractivity contribution in [2.24, 2.45) is 0 Å². The topological polar surface area (TPSA) is 93.2 Å². The Kier molecular flexibility index (Phi) is 9.00. The average molecular weight is 475 g/mol. The van der Waals surface area contributed by atoms with E-state index in [9.17, 15) is 9.59 Å². The molecule has 2 N–H and O–H groups in total. The minimum Gasteiger partial charge on any atom is -0.460 e. The van der Waals surface area contributed by atoms with Gasteiger partial charge in [-0.05, 0) is 55.2 Å². The maximum Gasteiger partial charge on any atom is 0.308 e. The van der Waals surface area contributed by atoms with Crippen molar-refractivity contribution in [2.45, 2.75) is 92.1 Å². The summed E-state index contributed by atoms with van der Waals surface area (Å²) in [5.74, 6) is 0.354. The van der Waals surface area contributed by atoms with Crippen LogP contribution in [-0.2, 0) is 9.53 Å². The van der Waals surface area contributed by atoms with E-state index in [1.807, 2.05) is 20.8 Å². The van der Waals surface area contributed by atoms with Crippen molar-refractivity contribution < 1.29 is 14.3 Å². The Morgan fingerprint density at radius 2 is 1.48 bits per heavy atom. The van der Waals surface area contributed by atoms with Gasteiger partial charge in [-0.25, -0.2) is 0 Å². The fourth-order valence-electron chi connectivity index (χ4n) is 3.39. The first-order chi connectivity index (χ1) is 15.3. The maximum atomic E-state index is 13.3. The van der Waals surface area contributed by atoms with Gasteiger partial charge in [0.25, 0.3) is 5.91 Å². The molecule has 0 spiro atoms. The first kappa shape index (κ1) is 26.8. The molecule has 1 heterocycles. The van der Waals surface area contributed by atoms with Crippen molar-refractivity contribution in [1.82, 2.24) is 10.2 Å². The molecule has 0 atom stereocenters. The predicted octanol–water partition coefficient (Wildman–Crippen LogP) is 6.30. The average Bonchev–Trinajstić information content (AvgIpc) is 3.12. The molecule has 0 saturated carbocycles. The molecule has 0 fully saturated rings. The van der Waals surface area contributed by atoms with E-state index in [-0.39, 0.29) is 30.1 Å². The van der Waals surface area contributed by atoms with Gasteiger partial charge >= 0.3 is 5.97 Å². The van der Waals surface area contributed by atoms with E-state index in [2.05, 4.69) is 74.5 Å². The van der Waals surface area contributed by atoms with Crippen LogP contribution in [0.1, 0.15) is 114 Å². The van der Waals surface area contributed by atoms with Crippen LogP contribution in [0.2, 0.25) is 0 Å². The van der Waals surface area contributed by atoms with E-state index < -0.39 is 5.60 Å². The van der Waals surface area contributed by atoms with Crippen LogP contribution >= 0.6 is 11.3 Å². The molecule has 1 amide bonds. The summed E-state index contributed by atoms with van der Waals surface area (Å²) in [6.45, 7) is 18.7. The Labute approximate surface area is 201 Å². The summed E-state index contributed by atoms with van der Waals surface area (Å²) in [7, 11) is 0. The number of carbonyl (C=O) groups is 2. The van der Waals surface area contributed by atoms with Gasteiger partial charge in [0.15, 0.2) is 0 Å². The molecule has 0 aliphatic rings. The van der Waals surface area contributed by atoms with Crippen LogP contribution in [0, 0.1) is 0 Å². The lowest BCUT2D eigenvalue weighted by atomic mass is 9.84. The Morgan fingerprint density at radius 3 is 1.97 bits per heavy atom. The lowest BCUT2D eigenvalue weighted by Crippen LogP contribution is -2.25. The quantitative estimate of drug-likeness (QED) is 0.414. The number of benzene rings is 1. The van der Waals surface area contributed by atoms with E-state index in [0.717, 1.165) is 16.7 Å². The van der Waals surface area contributed by atoms with Gasteiger partial charge in [0.05, 0.1) is 6.42 Å². The Hall–Kier alpha value is -2.48. The van der Waals surface area contributed by atoms with E-state index in [1.165, 1.54) is 16.9 Å². The molecular weight excluding hydrogens is 436 g/mol. The number of nitrogens with one attached hydrogen (secondary N) is 2. The molecule has 0 saturated heterocycles. The van der Waals surface area contributed by atoms with E-state index in [1.54, 1.807) is 0 Å². The minimum atomic E-state index is -0.506. The van der Waals surface area contributed by atoms with Crippen LogP contribution in [0.3, 0.4) is 0 Å². The van der Waals surface area contributed by atoms with Gasteiger partial charge in [-0.2, -0.15) is 0 Å². The highest BCUT2D eigenvalue weighted by atomic mass is 32.1. The minimum absolute atomic E-state index is 0.172. The van der Waals surface area contributed by atoms with Crippen LogP contribution in [0.4, 0.5) is 10.3 Å². The number of amides is 1. The molecule has 1 aromatic heterocycles. The van der Waals surface area contributed by atoms with Gasteiger partial charge in [0.2, 0.25) is 10.3 Å². The van der Waals surface area contributed by atoms with Crippen molar-refractivity contribution in [3.05, 3.63) is 34.4 Å². The number of hydrogen-bond donors (Lipinski definition) is 2. The summed E-state index contributed by atoms with van der Waals surface area (Å²) in [4.78, 5) is 25.2. The predicted molar refractivity (Wildman–Crippen MR) is 136 cm³/mol. The smallest absolute Gasteiger partial charge is 0.308 e. The number of aromatic nitrogens is 2. The second-order valence-electron chi connectivity index (χ2n) is 10.2. The van der Waals surface area contributed by atoms with E-state index in [4.69, 9.17) is 4.74 Å². The zero-order valence-electron chi connectivity index (χ0n) is 21.3. The van der Waals surface area contributed by atoms with Crippen LogP contribution in [-0.4, -0.2) is 34.2 Å². The SMILES string of the molecule is CC(C)c1cc(C(C)C)c(C(=O)Nc2nnc(NCCC(=O)OC(C)(C)C)s2)c(C(C)C)c1. The summed E-state index contributed by atoms with van der Waals surface area (Å²) in [6.07, 6.45) is 0.218. The standard InChI is InChI=1S/C25H38N4O3S/c1-14(2)17-12-18(15(3)4)21(19(13-17)16(5)6)22(31)27-24-29-28-23(33-24)26-11-10-20(30)32-25(7,8)9/h12-16H,10-11H2,1-9H3,(H,26,28)(H,27,29,31). The highest BCUT2D eigenvalue weighted by Crippen LogP contribution is 2.33. The van der Waals surface area contributed by atoms with Crippen molar-refractivity contribution in [2.75, 3.05) is 17.2 Å². The number of hydrogen-bond acceptors (Lipinski definition) is 7. The van der Waals surface area contributed by atoms with Crippen molar-refractivity contribution in [3.8, 4) is 0 Å². The molecule has 8 heteroatoms. The molecule has 0 radical (unpaired) electrons. The Bertz CT molecular complexity index is 945. The number of rotatable bonds is 9. The number of esters is 1. The molecule has 182 valence electrons. The second-order valence-corrected chi connectivity index (χ2v) is 11.1. The Balaban J connectivity index is 2.14. The van der Waals surface area contributed by atoms with Gasteiger partial charge in [0, 0.05) is 12.1 Å². The number of anilines is 2. The lowest BCUT2D eigenvalue weighted by Gasteiger charge is -2.22. The van der Waals surface area contributed by atoms with E-state index >= 15 is 0 Å². The number of nitrogens with zero attached hydrogens (tertiary/aromatic N) is 2. The monoisotopic (exact) mass is 474 g/mol. The van der Waals surface area contributed by atoms with Crippen LogP contribution < -0.4 is 10.6 Å². The number of carbonyl (C=O) groups excluding carboxylic acids is 2. The molecular formula is C25H38N4O3S. The zero-order valence-corrected chi connectivity index (χ0v) is 22.1. The third-order valence-electron chi connectivity index (χ3n) is 5.03. The lowest BCUT2D eigenvalue weighted by molar-refractivity contribution is -0.154. The van der Waals surface area contributed by atoms with E-state index in [0.29, 0.717) is 22.7 Å². The summed E-state index contributed by atoms with van der Waals surface area (Å²) < 4.78 is 5.30. The third-order valence-corrected chi connectivity index (χ3v) is 5.83. The Morgan fingerprint density at radius 1 is 0.939 bits per heavy atom. The third kappa shape index (κ3) is 7.81. The highest BCUT2D eigenvalue weighted by molar-refractivity contribution is 7.19. The van der Waals surface area contributed by atoms with Crippen LogP contribution in [0.5, 0.6) is 0 Å². The molecule has 1 aromatic carbocycles. The van der Waals surface area contributed by atoms with Crippen LogP contribution in [0.25, 0.3) is 0 Å². The number of ether oxygens (including phenoxy) is 1. The molecule has 0 bridgehead atoms. The zero-order chi connectivity index (χ0) is 24.9. The molecule has 7 nitrogen and oxygen atoms in total. The highest BCUT2D eigenvalue weighted by Gasteiger charge is 2.23. The maximum absolute atomic E-state index is 13.3. The van der Waals surface area contributed by atoms with Gasteiger partial charge < -0.3 is 10.1 Å². The van der Waals surface area contributed by atoms with Crippen molar-refractivity contribution in [3.63, 3.8) is 0 Å². The normalized spacial score (nSPS) is 11.9. The molecule has 2 rings (SSSR count). The van der Waals surface area contributed by atoms with Gasteiger partial charge in [-0.3, -0.25) is 14.9 Å². The fourth-order valence-corrected chi connectivity index (χ4v) is 4.05. The van der Waals surface area contributed by atoms with Crippen molar-refractivity contribution >= 4 is 33.5 Å². The molecule has 2 aromatic rings. The van der Waals surface area contributed by atoms with Gasteiger partial charge in [-0.1, -0.05) is 65.0 Å². The molecule has 0 aliphatic heterocycles. The summed E-state index contributed by atoms with van der Waals surface area (Å²) in [6, 6.07) is 4.31. The molecule has 0 aliphatic carbocycles. The van der Waals surface area contributed by atoms with Crippen molar-refractivity contribution in [1.29, 1.82) is 0 Å². The second kappa shape index (κ2) is 11.1. The van der Waals surface area contributed by atoms with Crippen LogP contribution in [0.15, 0.2) is 12.1 Å². The van der Waals surface area contributed by atoms with Gasteiger partial charge in [-0.15, -0.1) is 10.2 Å². The first-order valence-corrected chi connectivity index (χ1v) is 12.4. The molecule has 33 heavy (non-hydrogen) atoms. The summed E-state index contributed by atoms with van der Waals surface area (Å²) >= 11 is 1.24. The first-order valence-electron chi connectivity index (χ1n) is 11.6. The molecule has 0 unspecified atom stereocenters.